The first-order chi connectivity index (χ1) is 7.72. The number of pyridine rings is 1. The summed E-state index contributed by atoms with van der Waals surface area (Å²) in [5.74, 6) is -0.405. The van der Waals surface area contributed by atoms with Gasteiger partial charge in [-0.05, 0) is 12.1 Å². The van der Waals surface area contributed by atoms with Crippen molar-refractivity contribution in [3.8, 4) is 10.4 Å². The summed E-state index contributed by atoms with van der Waals surface area (Å²) in [5.41, 5.74) is 7.12. The lowest BCUT2D eigenvalue weighted by Crippen LogP contribution is -2.00. The van der Waals surface area contributed by atoms with Crippen LogP contribution in [0.5, 0.6) is 0 Å². The number of nitrogen functional groups attached to an aromatic ring is 1. The Bertz CT molecular complexity index is 508. The summed E-state index contributed by atoms with van der Waals surface area (Å²) < 4.78 is 4.64. The van der Waals surface area contributed by atoms with Crippen LogP contribution in [0.2, 0.25) is 0 Å². The molecule has 5 heteroatoms. The van der Waals surface area contributed by atoms with Crippen molar-refractivity contribution in [3.05, 3.63) is 35.5 Å². The van der Waals surface area contributed by atoms with Gasteiger partial charge in [-0.3, -0.25) is 4.98 Å². The number of esters is 1. The van der Waals surface area contributed by atoms with E-state index in [0.717, 1.165) is 10.4 Å². The van der Waals surface area contributed by atoms with E-state index in [1.807, 2.05) is 12.1 Å². The van der Waals surface area contributed by atoms with Gasteiger partial charge in [-0.25, -0.2) is 4.79 Å². The quantitative estimate of drug-likeness (QED) is 0.809. The van der Waals surface area contributed by atoms with E-state index in [1.54, 1.807) is 18.5 Å². The van der Waals surface area contributed by atoms with E-state index >= 15 is 0 Å². The Labute approximate surface area is 96.7 Å². The Hall–Kier alpha value is -1.88. The van der Waals surface area contributed by atoms with E-state index in [9.17, 15) is 4.79 Å². The molecular weight excluding hydrogens is 224 g/mol. The first kappa shape index (κ1) is 10.6. The van der Waals surface area contributed by atoms with E-state index in [1.165, 1.54) is 18.4 Å². The number of hydrogen-bond acceptors (Lipinski definition) is 5. The maximum absolute atomic E-state index is 11.4. The van der Waals surface area contributed by atoms with Crippen molar-refractivity contribution in [1.29, 1.82) is 0 Å². The van der Waals surface area contributed by atoms with Crippen LogP contribution < -0.4 is 5.73 Å². The summed E-state index contributed by atoms with van der Waals surface area (Å²) in [4.78, 5) is 16.7. The summed E-state index contributed by atoms with van der Waals surface area (Å²) in [6.45, 7) is 0. The standard InChI is InChI=1S/C11H10N2O2S/c1-15-11(14)10-8(12)5-9(16-10)7-3-2-4-13-6-7/h2-6H,12H2,1H3. The molecule has 0 fully saturated rings. The molecule has 2 aromatic rings. The molecule has 4 nitrogen and oxygen atoms in total. The van der Waals surface area contributed by atoms with Crippen molar-refractivity contribution in [1.82, 2.24) is 4.98 Å². The highest BCUT2D eigenvalue weighted by molar-refractivity contribution is 7.18. The summed E-state index contributed by atoms with van der Waals surface area (Å²) in [6, 6.07) is 5.51. The predicted molar refractivity (Wildman–Crippen MR) is 63.3 cm³/mol. The number of ether oxygens (including phenoxy) is 1. The molecule has 0 saturated heterocycles. The number of rotatable bonds is 2. The number of nitrogens with two attached hydrogens (primary N) is 1. The number of nitrogens with zero attached hydrogens (tertiary/aromatic N) is 1. The minimum Gasteiger partial charge on any atom is -0.465 e. The molecule has 0 aliphatic heterocycles. The SMILES string of the molecule is COC(=O)c1sc(-c2cccnc2)cc1N. The smallest absolute Gasteiger partial charge is 0.350 e. The number of aromatic nitrogens is 1. The minimum absolute atomic E-state index is 0.405. The Kier molecular flexibility index (Phi) is 2.87. The van der Waals surface area contributed by atoms with Gasteiger partial charge in [0.15, 0.2) is 0 Å². The average Bonchev–Trinajstić information content (AvgIpc) is 2.71. The summed E-state index contributed by atoms with van der Waals surface area (Å²) in [5, 5.41) is 0. The van der Waals surface area contributed by atoms with Crippen molar-refractivity contribution in [2.75, 3.05) is 12.8 Å². The Morgan fingerprint density at radius 3 is 3.00 bits per heavy atom. The molecule has 2 N–H and O–H groups in total. The average molecular weight is 234 g/mol. The van der Waals surface area contributed by atoms with Crippen LogP contribution in [0.1, 0.15) is 9.67 Å². The monoisotopic (exact) mass is 234 g/mol. The molecule has 16 heavy (non-hydrogen) atoms. The van der Waals surface area contributed by atoms with Gasteiger partial charge in [0.2, 0.25) is 0 Å². The third-order valence-corrected chi connectivity index (χ3v) is 3.26. The fraction of sp³-hybridized carbons (Fsp3) is 0.0909. The first-order valence-electron chi connectivity index (χ1n) is 4.60. The van der Waals surface area contributed by atoms with Crippen LogP contribution in [0.15, 0.2) is 30.6 Å². The molecular formula is C11H10N2O2S. The van der Waals surface area contributed by atoms with Crippen LogP contribution >= 0.6 is 11.3 Å². The zero-order valence-corrected chi connectivity index (χ0v) is 9.45. The predicted octanol–water partition coefficient (Wildman–Crippen LogP) is 2.18. The number of methoxy groups -OCH3 is 1. The number of hydrogen-bond donors (Lipinski definition) is 1. The zero-order valence-electron chi connectivity index (χ0n) is 8.64. The number of carbonyl (C=O) groups is 1. The van der Waals surface area contributed by atoms with E-state index in [-0.39, 0.29) is 0 Å². The minimum atomic E-state index is -0.405. The van der Waals surface area contributed by atoms with E-state index in [4.69, 9.17) is 5.73 Å². The van der Waals surface area contributed by atoms with Crippen LogP contribution in [0, 0.1) is 0 Å². The van der Waals surface area contributed by atoms with Crippen molar-refractivity contribution < 1.29 is 9.53 Å². The normalized spacial score (nSPS) is 10.1. The second-order valence-electron chi connectivity index (χ2n) is 3.13. The summed E-state index contributed by atoms with van der Waals surface area (Å²) in [6.07, 6.45) is 3.42. The molecule has 0 saturated carbocycles. The largest absolute Gasteiger partial charge is 0.465 e. The van der Waals surface area contributed by atoms with Gasteiger partial charge in [0.25, 0.3) is 0 Å². The van der Waals surface area contributed by atoms with E-state index in [0.29, 0.717) is 10.6 Å². The number of carbonyl (C=O) groups excluding carboxylic acids is 1. The first-order valence-corrected chi connectivity index (χ1v) is 5.42. The molecule has 0 bridgehead atoms. The van der Waals surface area contributed by atoms with Gasteiger partial charge in [0.05, 0.1) is 12.8 Å². The van der Waals surface area contributed by atoms with Gasteiger partial charge in [-0.1, -0.05) is 6.07 Å². The van der Waals surface area contributed by atoms with Crippen LogP contribution in [0.4, 0.5) is 5.69 Å². The second kappa shape index (κ2) is 4.32. The van der Waals surface area contributed by atoms with Gasteiger partial charge < -0.3 is 10.5 Å². The maximum atomic E-state index is 11.4. The lowest BCUT2D eigenvalue weighted by Gasteiger charge is -1.95. The van der Waals surface area contributed by atoms with Crippen molar-refractivity contribution in [2.24, 2.45) is 0 Å². The highest BCUT2D eigenvalue weighted by atomic mass is 32.1. The van der Waals surface area contributed by atoms with Crippen LogP contribution in [-0.2, 0) is 4.74 Å². The van der Waals surface area contributed by atoms with Crippen LogP contribution in [-0.4, -0.2) is 18.1 Å². The van der Waals surface area contributed by atoms with Crippen molar-refractivity contribution in [3.63, 3.8) is 0 Å². The van der Waals surface area contributed by atoms with E-state index < -0.39 is 5.97 Å². The lowest BCUT2D eigenvalue weighted by atomic mass is 10.2. The van der Waals surface area contributed by atoms with Gasteiger partial charge in [-0.2, -0.15) is 0 Å². The molecule has 0 radical (unpaired) electrons. The molecule has 0 unspecified atom stereocenters. The highest BCUT2D eigenvalue weighted by Gasteiger charge is 2.15. The van der Waals surface area contributed by atoms with E-state index in [2.05, 4.69) is 9.72 Å². The fourth-order valence-electron chi connectivity index (χ4n) is 1.31. The molecule has 0 atom stereocenters. The van der Waals surface area contributed by atoms with Gasteiger partial charge in [0.1, 0.15) is 4.88 Å². The number of thiophene rings is 1. The topological polar surface area (TPSA) is 65.2 Å². The van der Waals surface area contributed by atoms with Crippen molar-refractivity contribution in [2.45, 2.75) is 0 Å². The molecule has 0 amide bonds. The molecule has 82 valence electrons. The van der Waals surface area contributed by atoms with Gasteiger partial charge in [-0.15, -0.1) is 11.3 Å². The van der Waals surface area contributed by atoms with Crippen LogP contribution in [0.25, 0.3) is 10.4 Å². The third kappa shape index (κ3) is 1.90. The van der Waals surface area contributed by atoms with Crippen LogP contribution in [0.3, 0.4) is 0 Å². The molecule has 0 aliphatic rings. The molecule has 0 spiro atoms. The molecule has 0 aliphatic carbocycles. The molecule has 2 aromatic heterocycles. The zero-order chi connectivity index (χ0) is 11.5. The van der Waals surface area contributed by atoms with Gasteiger partial charge in [0, 0.05) is 22.8 Å². The fourth-order valence-corrected chi connectivity index (χ4v) is 2.30. The lowest BCUT2D eigenvalue weighted by molar-refractivity contribution is 0.0607. The highest BCUT2D eigenvalue weighted by Crippen LogP contribution is 2.32. The van der Waals surface area contributed by atoms with Gasteiger partial charge >= 0.3 is 5.97 Å². The second-order valence-corrected chi connectivity index (χ2v) is 4.18. The Morgan fingerprint density at radius 1 is 1.56 bits per heavy atom. The Balaban J connectivity index is 2.42. The molecule has 0 aromatic carbocycles. The number of anilines is 1. The molecule has 2 heterocycles. The Morgan fingerprint density at radius 2 is 2.38 bits per heavy atom. The third-order valence-electron chi connectivity index (χ3n) is 2.08. The summed E-state index contributed by atoms with van der Waals surface area (Å²) >= 11 is 1.31. The van der Waals surface area contributed by atoms with Crippen molar-refractivity contribution >= 4 is 23.0 Å². The molecule has 2 rings (SSSR count). The summed E-state index contributed by atoms with van der Waals surface area (Å²) in [7, 11) is 1.34. The maximum Gasteiger partial charge on any atom is 0.350 e.